The number of carbonyl (C=O) groups is 5. The molecule has 0 saturated carbocycles. The number of hydrogen-bond acceptors (Lipinski definition) is 7. The van der Waals surface area contributed by atoms with E-state index in [1.165, 1.54) is 0 Å². The number of aliphatic carboxylic acids is 1. The molecular formula is C29H33N7O6S. The van der Waals surface area contributed by atoms with Crippen LogP contribution in [-0.2, 0) is 36.8 Å². The molecule has 0 fully saturated rings. The summed E-state index contributed by atoms with van der Waals surface area (Å²) < 4.78 is 0. The molecule has 4 atom stereocenters. The predicted octanol–water partition coefficient (Wildman–Crippen LogP) is 0.106. The summed E-state index contributed by atoms with van der Waals surface area (Å²) in [5, 5.41) is 18.4. The molecule has 4 aromatic rings. The first-order valence-electron chi connectivity index (χ1n) is 13.5. The van der Waals surface area contributed by atoms with Gasteiger partial charge in [-0.2, -0.15) is 12.6 Å². The van der Waals surface area contributed by atoms with Gasteiger partial charge in [-0.1, -0.05) is 36.4 Å². The summed E-state index contributed by atoms with van der Waals surface area (Å²) in [6, 6.07) is 9.85. The van der Waals surface area contributed by atoms with Crippen molar-refractivity contribution < 1.29 is 29.1 Å². The number of benzene rings is 2. The highest BCUT2D eigenvalue weighted by atomic mass is 32.1. The highest BCUT2D eigenvalue weighted by Crippen LogP contribution is 2.21. The second-order valence-electron chi connectivity index (χ2n) is 10.1. The molecule has 14 heteroatoms. The summed E-state index contributed by atoms with van der Waals surface area (Å²) in [6.45, 7) is 0. The number of H-pyrrole nitrogens is 2. The van der Waals surface area contributed by atoms with Crippen molar-refractivity contribution in [3.8, 4) is 0 Å². The van der Waals surface area contributed by atoms with Crippen LogP contribution in [0.1, 0.15) is 17.5 Å². The maximum atomic E-state index is 13.6. The fourth-order valence-electron chi connectivity index (χ4n) is 4.78. The van der Waals surface area contributed by atoms with Crippen molar-refractivity contribution in [3.63, 3.8) is 0 Å². The van der Waals surface area contributed by atoms with Crippen molar-refractivity contribution in [1.29, 1.82) is 0 Å². The molecule has 0 aliphatic heterocycles. The van der Waals surface area contributed by atoms with E-state index in [1.807, 2.05) is 48.5 Å². The topological polar surface area (TPSA) is 225 Å². The lowest BCUT2D eigenvalue weighted by atomic mass is 10.0. The average Bonchev–Trinajstić information content (AvgIpc) is 3.58. The Morgan fingerprint density at radius 3 is 1.77 bits per heavy atom. The van der Waals surface area contributed by atoms with Gasteiger partial charge in [0, 0.05) is 46.4 Å². The normalized spacial score (nSPS) is 14.0. The van der Waals surface area contributed by atoms with Crippen LogP contribution >= 0.6 is 12.6 Å². The third-order valence-electron chi connectivity index (χ3n) is 7.02. The van der Waals surface area contributed by atoms with Crippen LogP contribution < -0.4 is 27.4 Å². The Morgan fingerprint density at radius 2 is 1.23 bits per heavy atom. The number of amides is 4. The predicted molar refractivity (Wildman–Crippen MR) is 163 cm³/mol. The molecule has 0 aliphatic carbocycles. The molecular weight excluding hydrogens is 574 g/mol. The van der Waals surface area contributed by atoms with Gasteiger partial charge in [-0.05, 0) is 29.7 Å². The fourth-order valence-corrected chi connectivity index (χ4v) is 5.03. The van der Waals surface area contributed by atoms with Gasteiger partial charge in [0.05, 0.1) is 12.5 Å². The van der Waals surface area contributed by atoms with Gasteiger partial charge in [-0.25, -0.2) is 4.79 Å². The lowest BCUT2D eigenvalue weighted by Gasteiger charge is -2.24. The maximum Gasteiger partial charge on any atom is 0.327 e. The Bertz CT molecular complexity index is 1650. The summed E-state index contributed by atoms with van der Waals surface area (Å²) in [7, 11) is 0. The Hall–Kier alpha value is -4.82. The van der Waals surface area contributed by atoms with Gasteiger partial charge in [0.25, 0.3) is 0 Å². The van der Waals surface area contributed by atoms with Crippen LogP contribution in [0.2, 0.25) is 0 Å². The number of aromatic nitrogens is 2. The summed E-state index contributed by atoms with van der Waals surface area (Å²) in [6.07, 6.45) is 3.08. The van der Waals surface area contributed by atoms with Crippen molar-refractivity contribution in [2.45, 2.75) is 43.4 Å². The minimum absolute atomic E-state index is 0.0146. The molecule has 226 valence electrons. The molecule has 2 aromatic heterocycles. The zero-order valence-corrected chi connectivity index (χ0v) is 23.9. The van der Waals surface area contributed by atoms with Crippen LogP contribution in [0.15, 0.2) is 60.9 Å². The molecule has 10 N–H and O–H groups in total. The standard InChI is InChI=1S/C29H33N7O6S/c30-19(9-15-12-32-20-7-3-1-5-17(15)20)26(38)34-22(10-16-13-33-21-8-4-2-6-18(16)21)27(39)35-23(11-25(31)37)28(40)36-24(14-43)29(41)42/h1-8,12-13,19,22-24,32-33,43H,9-11,14,30H2,(H2,31,37)(H,34,38)(H,35,39)(H,36,40)(H,41,42). The molecule has 4 amide bonds. The van der Waals surface area contributed by atoms with Crippen LogP contribution in [0.25, 0.3) is 21.8 Å². The number of carboxylic acid groups (broad SMARTS) is 1. The van der Waals surface area contributed by atoms with E-state index in [-0.39, 0.29) is 18.6 Å². The van der Waals surface area contributed by atoms with Gasteiger partial charge < -0.3 is 42.5 Å². The van der Waals surface area contributed by atoms with E-state index in [2.05, 4.69) is 38.5 Å². The minimum atomic E-state index is -1.51. The van der Waals surface area contributed by atoms with Crippen LogP contribution in [0.5, 0.6) is 0 Å². The van der Waals surface area contributed by atoms with Crippen LogP contribution in [-0.4, -0.2) is 74.6 Å². The summed E-state index contributed by atoms with van der Waals surface area (Å²) >= 11 is 3.92. The number of para-hydroxylation sites is 2. The first kappa shape index (κ1) is 31.1. The van der Waals surface area contributed by atoms with E-state index in [0.717, 1.165) is 27.4 Å². The SMILES string of the molecule is NC(=O)CC(NC(=O)C(Cc1c[nH]c2ccccc12)NC(=O)C(N)Cc1c[nH]c2ccccc12)C(=O)NC(CS)C(=O)O. The van der Waals surface area contributed by atoms with E-state index in [9.17, 15) is 29.1 Å². The van der Waals surface area contributed by atoms with Gasteiger partial charge in [0.15, 0.2) is 0 Å². The molecule has 0 radical (unpaired) electrons. The van der Waals surface area contributed by atoms with E-state index in [0.29, 0.717) is 5.56 Å². The van der Waals surface area contributed by atoms with E-state index in [1.54, 1.807) is 12.4 Å². The molecule has 4 rings (SSSR count). The lowest BCUT2D eigenvalue weighted by molar-refractivity contribution is -0.141. The van der Waals surface area contributed by atoms with Crippen LogP contribution in [0, 0.1) is 0 Å². The number of carbonyl (C=O) groups excluding carboxylic acids is 4. The molecule has 0 bridgehead atoms. The van der Waals surface area contributed by atoms with Crippen molar-refractivity contribution >= 4 is 64.0 Å². The number of thiol groups is 1. The molecule has 0 saturated heterocycles. The highest BCUT2D eigenvalue weighted by molar-refractivity contribution is 7.80. The minimum Gasteiger partial charge on any atom is -0.480 e. The van der Waals surface area contributed by atoms with Gasteiger partial charge >= 0.3 is 5.97 Å². The van der Waals surface area contributed by atoms with E-state index < -0.39 is 60.2 Å². The quantitative estimate of drug-likeness (QED) is 0.0898. The molecule has 2 heterocycles. The smallest absolute Gasteiger partial charge is 0.327 e. The number of carboxylic acids is 1. The Balaban J connectivity index is 1.56. The fraction of sp³-hybridized carbons (Fsp3) is 0.276. The first-order chi connectivity index (χ1) is 20.6. The van der Waals surface area contributed by atoms with Crippen LogP contribution in [0.4, 0.5) is 0 Å². The molecule has 0 spiro atoms. The second kappa shape index (κ2) is 13.9. The number of nitrogens with one attached hydrogen (secondary N) is 5. The van der Waals surface area contributed by atoms with Crippen molar-refractivity contribution in [2.24, 2.45) is 11.5 Å². The summed E-state index contributed by atoms with van der Waals surface area (Å²) in [5.74, 6) is -4.83. The zero-order valence-electron chi connectivity index (χ0n) is 23.0. The number of fused-ring (bicyclic) bond motifs is 2. The molecule has 13 nitrogen and oxygen atoms in total. The highest BCUT2D eigenvalue weighted by Gasteiger charge is 2.31. The number of aromatic amines is 2. The Kier molecular flexibility index (Phi) is 10.1. The third kappa shape index (κ3) is 7.72. The summed E-state index contributed by atoms with van der Waals surface area (Å²) in [5.41, 5.74) is 14.8. The van der Waals surface area contributed by atoms with Gasteiger partial charge in [-0.3, -0.25) is 19.2 Å². The Morgan fingerprint density at radius 1 is 0.744 bits per heavy atom. The Labute approximate surface area is 251 Å². The van der Waals surface area contributed by atoms with E-state index in [4.69, 9.17) is 11.5 Å². The lowest BCUT2D eigenvalue weighted by Crippen LogP contribution is -2.58. The largest absolute Gasteiger partial charge is 0.480 e. The third-order valence-corrected chi connectivity index (χ3v) is 7.38. The number of nitrogens with two attached hydrogens (primary N) is 2. The maximum absolute atomic E-state index is 13.6. The van der Waals surface area contributed by atoms with E-state index >= 15 is 0 Å². The van der Waals surface area contributed by atoms with Gasteiger partial charge in [-0.15, -0.1) is 0 Å². The average molecular weight is 608 g/mol. The van der Waals surface area contributed by atoms with Gasteiger partial charge in [0.1, 0.15) is 18.1 Å². The number of rotatable bonds is 14. The molecule has 4 unspecified atom stereocenters. The monoisotopic (exact) mass is 607 g/mol. The molecule has 2 aromatic carbocycles. The number of hydrogen-bond donors (Lipinski definition) is 9. The first-order valence-corrected chi connectivity index (χ1v) is 14.1. The zero-order chi connectivity index (χ0) is 31.1. The van der Waals surface area contributed by atoms with Crippen LogP contribution in [0.3, 0.4) is 0 Å². The van der Waals surface area contributed by atoms with Crippen molar-refractivity contribution in [1.82, 2.24) is 25.9 Å². The molecule has 43 heavy (non-hydrogen) atoms. The van der Waals surface area contributed by atoms with Gasteiger partial charge in [0.2, 0.25) is 23.6 Å². The molecule has 0 aliphatic rings. The van der Waals surface area contributed by atoms with Crippen molar-refractivity contribution in [2.75, 3.05) is 5.75 Å². The van der Waals surface area contributed by atoms with Crippen molar-refractivity contribution in [3.05, 3.63) is 72.1 Å². The summed E-state index contributed by atoms with van der Waals surface area (Å²) in [4.78, 5) is 69.2. The second-order valence-corrected chi connectivity index (χ2v) is 10.5. The number of primary amides is 1.